The van der Waals surface area contributed by atoms with E-state index in [1.807, 2.05) is 0 Å². The van der Waals surface area contributed by atoms with Gasteiger partial charge in [0, 0.05) is 12.0 Å². The maximum atomic E-state index is 13.1. The minimum Gasteiger partial charge on any atom is -0.339 e. The smallest absolute Gasteiger partial charge is 0.226 e. The zero-order chi connectivity index (χ0) is 14.4. The van der Waals surface area contributed by atoms with Crippen molar-refractivity contribution in [2.24, 2.45) is 11.7 Å². The molecule has 0 fully saturated rings. The van der Waals surface area contributed by atoms with E-state index in [-0.39, 0.29) is 5.82 Å². The zero-order valence-electron chi connectivity index (χ0n) is 11.7. The first-order valence-corrected chi connectivity index (χ1v) is 7.01. The van der Waals surface area contributed by atoms with Crippen molar-refractivity contribution in [1.82, 2.24) is 10.1 Å². The van der Waals surface area contributed by atoms with Crippen LogP contribution in [-0.4, -0.2) is 16.7 Å². The summed E-state index contributed by atoms with van der Waals surface area (Å²) < 4.78 is 18.4. The molecule has 2 aromatic rings. The number of benzene rings is 1. The second-order valence-corrected chi connectivity index (χ2v) is 4.91. The largest absolute Gasteiger partial charge is 0.339 e. The van der Waals surface area contributed by atoms with Gasteiger partial charge in [-0.1, -0.05) is 30.6 Å². The summed E-state index contributed by atoms with van der Waals surface area (Å²) in [7, 11) is 0. The van der Waals surface area contributed by atoms with Gasteiger partial charge in [-0.3, -0.25) is 0 Å². The summed E-state index contributed by atoms with van der Waals surface area (Å²) >= 11 is 0. The lowest BCUT2D eigenvalue weighted by atomic mass is 9.97. The fourth-order valence-electron chi connectivity index (χ4n) is 2.22. The summed E-state index contributed by atoms with van der Waals surface area (Å²) in [4.78, 5) is 4.31. The van der Waals surface area contributed by atoms with E-state index in [1.165, 1.54) is 12.1 Å². The third kappa shape index (κ3) is 3.87. The predicted octanol–water partition coefficient (Wildman–Crippen LogP) is 3.18. The van der Waals surface area contributed by atoms with Crippen LogP contribution in [0.25, 0.3) is 11.4 Å². The number of hydrogen-bond acceptors (Lipinski definition) is 4. The standard InChI is InChI=1S/C15H20FN3O/c1-2-11(8-9-17)6-7-14-18-15(19-20-14)12-4-3-5-13(16)10-12/h3-5,10-11H,2,6-9,17H2,1H3. The summed E-state index contributed by atoms with van der Waals surface area (Å²) in [6.45, 7) is 2.86. The van der Waals surface area contributed by atoms with E-state index in [0.717, 1.165) is 25.7 Å². The molecular formula is C15H20FN3O. The molecule has 0 radical (unpaired) electrons. The number of nitrogens with zero attached hydrogens (tertiary/aromatic N) is 2. The van der Waals surface area contributed by atoms with E-state index >= 15 is 0 Å². The first-order valence-electron chi connectivity index (χ1n) is 7.01. The summed E-state index contributed by atoms with van der Waals surface area (Å²) in [5, 5.41) is 3.90. The van der Waals surface area contributed by atoms with Crippen molar-refractivity contribution in [2.45, 2.75) is 32.6 Å². The summed E-state index contributed by atoms with van der Waals surface area (Å²) in [6.07, 6.45) is 3.84. The highest BCUT2D eigenvalue weighted by Crippen LogP contribution is 2.19. The molecule has 0 saturated heterocycles. The molecule has 5 heteroatoms. The molecule has 1 atom stereocenters. The van der Waals surface area contributed by atoms with Crippen molar-refractivity contribution in [3.05, 3.63) is 36.0 Å². The van der Waals surface area contributed by atoms with Crippen LogP contribution in [0.15, 0.2) is 28.8 Å². The third-order valence-corrected chi connectivity index (χ3v) is 3.47. The molecule has 4 nitrogen and oxygen atoms in total. The lowest BCUT2D eigenvalue weighted by molar-refractivity contribution is 0.354. The molecule has 1 aromatic heterocycles. The first kappa shape index (κ1) is 14.7. The van der Waals surface area contributed by atoms with Crippen LogP contribution in [-0.2, 0) is 6.42 Å². The van der Waals surface area contributed by atoms with E-state index in [0.29, 0.717) is 29.7 Å². The highest BCUT2D eigenvalue weighted by molar-refractivity contribution is 5.53. The second kappa shape index (κ2) is 7.14. The Balaban J connectivity index is 1.99. The summed E-state index contributed by atoms with van der Waals surface area (Å²) in [5.74, 6) is 1.32. The molecule has 108 valence electrons. The molecular weight excluding hydrogens is 257 g/mol. The van der Waals surface area contributed by atoms with Crippen LogP contribution in [0.5, 0.6) is 0 Å². The minimum atomic E-state index is -0.303. The number of halogens is 1. The number of aryl methyl sites for hydroxylation is 1. The fourth-order valence-corrected chi connectivity index (χ4v) is 2.22. The van der Waals surface area contributed by atoms with Gasteiger partial charge in [0.1, 0.15) is 5.82 Å². The van der Waals surface area contributed by atoms with Crippen molar-refractivity contribution >= 4 is 0 Å². The van der Waals surface area contributed by atoms with E-state index in [4.69, 9.17) is 10.3 Å². The molecule has 2 rings (SSSR count). The van der Waals surface area contributed by atoms with Gasteiger partial charge in [-0.2, -0.15) is 4.98 Å². The highest BCUT2D eigenvalue weighted by Gasteiger charge is 2.12. The maximum Gasteiger partial charge on any atom is 0.226 e. The highest BCUT2D eigenvalue weighted by atomic mass is 19.1. The normalized spacial score (nSPS) is 12.6. The fraction of sp³-hybridized carbons (Fsp3) is 0.467. The van der Waals surface area contributed by atoms with Crippen LogP contribution in [0.1, 0.15) is 32.1 Å². The molecule has 0 spiro atoms. The molecule has 0 aliphatic rings. The van der Waals surface area contributed by atoms with Crippen LogP contribution in [0, 0.1) is 11.7 Å². The Morgan fingerprint density at radius 3 is 2.90 bits per heavy atom. The average Bonchev–Trinajstić information content (AvgIpc) is 2.92. The third-order valence-electron chi connectivity index (χ3n) is 3.47. The molecule has 1 aromatic carbocycles. The SMILES string of the molecule is CCC(CCN)CCc1nc(-c2cccc(F)c2)no1. The van der Waals surface area contributed by atoms with Gasteiger partial charge in [0.25, 0.3) is 0 Å². The van der Waals surface area contributed by atoms with Gasteiger partial charge in [0.05, 0.1) is 0 Å². The van der Waals surface area contributed by atoms with Crippen molar-refractivity contribution in [1.29, 1.82) is 0 Å². The summed E-state index contributed by atoms with van der Waals surface area (Å²) in [6, 6.07) is 6.19. The van der Waals surface area contributed by atoms with Gasteiger partial charge < -0.3 is 10.3 Å². The molecule has 0 aliphatic heterocycles. The molecule has 0 amide bonds. The minimum absolute atomic E-state index is 0.303. The van der Waals surface area contributed by atoms with Crippen molar-refractivity contribution in [3.63, 3.8) is 0 Å². The van der Waals surface area contributed by atoms with Gasteiger partial charge >= 0.3 is 0 Å². The van der Waals surface area contributed by atoms with Crippen LogP contribution >= 0.6 is 0 Å². The number of nitrogens with two attached hydrogens (primary N) is 1. The molecule has 1 unspecified atom stereocenters. The monoisotopic (exact) mass is 277 g/mol. The second-order valence-electron chi connectivity index (χ2n) is 4.91. The zero-order valence-corrected chi connectivity index (χ0v) is 11.7. The van der Waals surface area contributed by atoms with Crippen LogP contribution in [0.2, 0.25) is 0 Å². The number of hydrogen-bond donors (Lipinski definition) is 1. The topological polar surface area (TPSA) is 64.9 Å². The lowest BCUT2D eigenvalue weighted by Gasteiger charge is -2.11. The molecule has 2 N–H and O–H groups in total. The lowest BCUT2D eigenvalue weighted by Crippen LogP contribution is -2.09. The first-order chi connectivity index (χ1) is 9.72. The Morgan fingerprint density at radius 2 is 2.20 bits per heavy atom. The average molecular weight is 277 g/mol. The van der Waals surface area contributed by atoms with Crippen LogP contribution < -0.4 is 5.73 Å². The van der Waals surface area contributed by atoms with Gasteiger partial charge in [-0.15, -0.1) is 0 Å². The number of aromatic nitrogens is 2. The van der Waals surface area contributed by atoms with Gasteiger partial charge in [-0.05, 0) is 37.4 Å². The molecule has 0 saturated carbocycles. The molecule has 0 aliphatic carbocycles. The van der Waals surface area contributed by atoms with Gasteiger partial charge in [0.15, 0.2) is 0 Å². The Kier molecular flexibility index (Phi) is 5.24. The van der Waals surface area contributed by atoms with E-state index < -0.39 is 0 Å². The van der Waals surface area contributed by atoms with E-state index in [9.17, 15) is 4.39 Å². The van der Waals surface area contributed by atoms with E-state index in [1.54, 1.807) is 12.1 Å². The number of rotatable bonds is 7. The molecule has 20 heavy (non-hydrogen) atoms. The Morgan fingerprint density at radius 1 is 1.35 bits per heavy atom. The maximum absolute atomic E-state index is 13.1. The van der Waals surface area contributed by atoms with Crippen molar-refractivity contribution in [2.75, 3.05) is 6.54 Å². The van der Waals surface area contributed by atoms with E-state index in [2.05, 4.69) is 17.1 Å². The van der Waals surface area contributed by atoms with Crippen molar-refractivity contribution in [3.8, 4) is 11.4 Å². The molecule has 1 heterocycles. The Labute approximate surface area is 118 Å². The predicted molar refractivity (Wildman–Crippen MR) is 75.5 cm³/mol. The summed E-state index contributed by atoms with van der Waals surface area (Å²) in [5.41, 5.74) is 6.21. The molecule has 0 bridgehead atoms. The Hall–Kier alpha value is -1.75. The van der Waals surface area contributed by atoms with Crippen LogP contribution in [0.4, 0.5) is 4.39 Å². The quantitative estimate of drug-likeness (QED) is 0.844. The Bertz CT molecular complexity index is 541. The van der Waals surface area contributed by atoms with Crippen LogP contribution in [0.3, 0.4) is 0 Å². The van der Waals surface area contributed by atoms with Gasteiger partial charge in [-0.25, -0.2) is 4.39 Å². The van der Waals surface area contributed by atoms with Gasteiger partial charge in [0.2, 0.25) is 11.7 Å². The van der Waals surface area contributed by atoms with Crippen molar-refractivity contribution < 1.29 is 8.91 Å².